The van der Waals surface area contributed by atoms with E-state index in [9.17, 15) is 4.79 Å². The highest BCUT2D eigenvalue weighted by atomic mass is 16.5. The topological polar surface area (TPSA) is 52.5 Å². The predicted octanol–water partition coefficient (Wildman–Crippen LogP) is 5.19. The molecule has 2 aliphatic rings. The minimum Gasteiger partial charge on any atom is -0.497 e. The molecule has 0 amide bonds. The molecule has 5 rings (SSSR count). The minimum atomic E-state index is -0.263. The molecule has 1 atom stereocenters. The fourth-order valence-corrected chi connectivity index (χ4v) is 4.10. The van der Waals surface area contributed by atoms with Crippen molar-refractivity contribution in [3.8, 4) is 22.6 Å². The third-order valence-corrected chi connectivity index (χ3v) is 5.91. The summed E-state index contributed by atoms with van der Waals surface area (Å²) in [7, 11) is 1.64. The van der Waals surface area contributed by atoms with Crippen LogP contribution in [-0.4, -0.2) is 24.5 Å². The first-order valence-corrected chi connectivity index (χ1v) is 10.8. The highest BCUT2D eigenvalue weighted by Crippen LogP contribution is 2.40. The Morgan fingerprint density at radius 3 is 2.45 bits per heavy atom. The van der Waals surface area contributed by atoms with Crippen molar-refractivity contribution < 1.29 is 9.47 Å². The van der Waals surface area contributed by atoms with Gasteiger partial charge in [0.15, 0.2) is 0 Å². The number of nitrogens with one attached hydrogen (secondary N) is 1. The van der Waals surface area contributed by atoms with E-state index in [0.29, 0.717) is 18.1 Å². The van der Waals surface area contributed by atoms with Crippen LogP contribution in [0.15, 0.2) is 65.5 Å². The number of anilines is 1. The zero-order chi connectivity index (χ0) is 21.4. The first-order valence-electron chi connectivity index (χ1n) is 10.8. The number of nitrogens with zero attached hydrogens (tertiary/aromatic N) is 1. The van der Waals surface area contributed by atoms with Gasteiger partial charge in [-0.3, -0.25) is 9.36 Å². The van der Waals surface area contributed by atoms with Gasteiger partial charge in [-0.05, 0) is 73.2 Å². The molecule has 0 radical (unpaired) electrons. The summed E-state index contributed by atoms with van der Waals surface area (Å²) in [5.74, 6) is 2.19. The molecule has 5 nitrogen and oxygen atoms in total. The summed E-state index contributed by atoms with van der Waals surface area (Å²) in [4.78, 5) is 13.7. The summed E-state index contributed by atoms with van der Waals surface area (Å²) in [6.07, 6.45) is 6.25. The molecule has 1 unspecified atom stereocenters. The Kier molecular flexibility index (Phi) is 5.12. The highest BCUT2D eigenvalue weighted by Gasteiger charge is 2.24. The van der Waals surface area contributed by atoms with Gasteiger partial charge in [-0.2, -0.15) is 0 Å². The van der Waals surface area contributed by atoms with Crippen molar-refractivity contribution in [3.63, 3.8) is 0 Å². The maximum atomic E-state index is 13.7. The number of methoxy groups -OCH3 is 1. The van der Waals surface area contributed by atoms with Crippen LogP contribution in [0.5, 0.6) is 5.75 Å². The van der Waals surface area contributed by atoms with Gasteiger partial charge in [0.2, 0.25) is 0 Å². The van der Waals surface area contributed by atoms with E-state index in [1.807, 2.05) is 61.5 Å². The van der Waals surface area contributed by atoms with E-state index in [1.54, 1.807) is 11.7 Å². The molecule has 1 aromatic heterocycles. The molecule has 0 saturated heterocycles. The molecule has 1 fully saturated rings. The van der Waals surface area contributed by atoms with Gasteiger partial charge in [0.25, 0.3) is 5.56 Å². The van der Waals surface area contributed by atoms with Crippen molar-refractivity contribution >= 4 is 11.9 Å². The summed E-state index contributed by atoms with van der Waals surface area (Å²) in [6, 6.07) is 17.9. The Hall–Kier alpha value is -3.31. The smallest absolute Gasteiger partial charge is 0.264 e. The second-order valence-corrected chi connectivity index (χ2v) is 7.98. The first-order chi connectivity index (χ1) is 15.2. The second-order valence-electron chi connectivity index (χ2n) is 7.98. The maximum absolute atomic E-state index is 13.7. The zero-order valence-corrected chi connectivity index (χ0v) is 17.8. The van der Waals surface area contributed by atoms with Gasteiger partial charge in [0.05, 0.1) is 12.8 Å². The third-order valence-electron chi connectivity index (χ3n) is 5.91. The summed E-state index contributed by atoms with van der Waals surface area (Å²) in [5, 5.41) is 3.39. The lowest BCUT2D eigenvalue weighted by atomic mass is 10.0. The van der Waals surface area contributed by atoms with E-state index in [4.69, 9.17) is 9.47 Å². The van der Waals surface area contributed by atoms with E-state index in [-0.39, 0.29) is 11.8 Å². The number of aromatic nitrogens is 1. The van der Waals surface area contributed by atoms with Crippen LogP contribution in [0.2, 0.25) is 0 Å². The van der Waals surface area contributed by atoms with Crippen LogP contribution in [0.4, 0.5) is 5.82 Å². The van der Waals surface area contributed by atoms with Crippen molar-refractivity contribution in [3.05, 3.63) is 82.2 Å². The molecule has 3 aromatic rings. The third kappa shape index (κ3) is 3.77. The SMILES string of the molecule is CCOC1C=Cc2cc(-c3ccc(OC)cc3)c(=O)n(-c3ccc(C4CC4)cc3)c2N1. The van der Waals surface area contributed by atoms with Gasteiger partial charge < -0.3 is 14.8 Å². The van der Waals surface area contributed by atoms with Crippen molar-refractivity contribution in [1.82, 2.24) is 4.57 Å². The van der Waals surface area contributed by atoms with Gasteiger partial charge in [0, 0.05) is 17.7 Å². The van der Waals surface area contributed by atoms with Gasteiger partial charge in [-0.1, -0.05) is 30.3 Å². The van der Waals surface area contributed by atoms with Gasteiger partial charge in [-0.25, -0.2) is 0 Å². The lowest BCUT2D eigenvalue weighted by Crippen LogP contribution is -2.31. The number of pyridine rings is 1. The standard InChI is InChI=1S/C26H26N2O3/c1-3-31-24-15-10-20-16-23(19-8-13-22(30-2)14-9-19)26(29)28(25(20)27-24)21-11-6-18(7-12-21)17-4-5-17/h6-17,24,27H,3-5H2,1-2H3. The van der Waals surface area contributed by atoms with Crippen LogP contribution >= 0.6 is 0 Å². The highest BCUT2D eigenvalue weighted by molar-refractivity contribution is 5.76. The summed E-state index contributed by atoms with van der Waals surface area (Å²) in [5.41, 5.74) is 4.58. The lowest BCUT2D eigenvalue weighted by molar-refractivity contribution is 0.115. The van der Waals surface area contributed by atoms with E-state index >= 15 is 0 Å². The molecule has 2 aromatic carbocycles. The largest absolute Gasteiger partial charge is 0.497 e. The van der Waals surface area contributed by atoms with Crippen LogP contribution < -0.4 is 15.6 Å². The number of ether oxygens (including phenoxy) is 2. The number of rotatable bonds is 6. The zero-order valence-electron chi connectivity index (χ0n) is 17.8. The quantitative estimate of drug-likeness (QED) is 0.603. The van der Waals surface area contributed by atoms with Crippen molar-refractivity contribution in [2.75, 3.05) is 19.0 Å². The van der Waals surface area contributed by atoms with E-state index in [0.717, 1.165) is 28.4 Å². The molecule has 1 aliphatic carbocycles. The molecular weight excluding hydrogens is 388 g/mol. The van der Waals surface area contributed by atoms with Crippen LogP contribution in [-0.2, 0) is 4.74 Å². The van der Waals surface area contributed by atoms with Crippen molar-refractivity contribution in [2.24, 2.45) is 0 Å². The molecule has 1 saturated carbocycles. The Morgan fingerprint density at radius 2 is 1.81 bits per heavy atom. The fourth-order valence-electron chi connectivity index (χ4n) is 4.10. The Bertz CT molecular complexity index is 1170. The minimum absolute atomic E-state index is 0.0684. The van der Waals surface area contributed by atoms with Gasteiger partial charge in [0.1, 0.15) is 17.8 Å². The average molecular weight is 415 g/mol. The molecule has 158 valence electrons. The summed E-state index contributed by atoms with van der Waals surface area (Å²) in [6.45, 7) is 2.54. The summed E-state index contributed by atoms with van der Waals surface area (Å²) >= 11 is 0. The molecule has 31 heavy (non-hydrogen) atoms. The van der Waals surface area contributed by atoms with Gasteiger partial charge in [-0.15, -0.1) is 0 Å². The first kappa shape index (κ1) is 19.6. The van der Waals surface area contributed by atoms with Crippen molar-refractivity contribution in [1.29, 1.82) is 0 Å². The van der Waals surface area contributed by atoms with Crippen LogP contribution in [0.1, 0.15) is 36.8 Å². The Labute approximate surface area is 181 Å². The van der Waals surface area contributed by atoms with Crippen LogP contribution in [0, 0.1) is 0 Å². The number of benzene rings is 2. The van der Waals surface area contributed by atoms with E-state index in [2.05, 4.69) is 17.4 Å². The maximum Gasteiger partial charge on any atom is 0.264 e. The molecule has 5 heteroatoms. The Morgan fingerprint density at radius 1 is 1.06 bits per heavy atom. The summed E-state index contributed by atoms with van der Waals surface area (Å²) < 4.78 is 12.8. The van der Waals surface area contributed by atoms with Crippen LogP contribution in [0.25, 0.3) is 22.9 Å². The molecule has 1 aliphatic heterocycles. The number of fused-ring (bicyclic) bond motifs is 1. The predicted molar refractivity (Wildman–Crippen MR) is 124 cm³/mol. The molecule has 2 heterocycles. The molecule has 1 N–H and O–H groups in total. The molecule has 0 bridgehead atoms. The fraction of sp³-hybridized carbons (Fsp3) is 0.269. The second kappa shape index (κ2) is 8.08. The normalized spacial score (nSPS) is 17.2. The van der Waals surface area contributed by atoms with Crippen molar-refractivity contribution in [2.45, 2.75) is 31.9 Å². The van der Waals surface area contributed by atoms with E-state index < -0.39 is 0 Å². The van der Waals surface area contributed by atoms with E-state index in [1.165, 1.54) is 18.4 Å². The van der Waals surface area contributed by atoms with Crippen LogP contribution in [0.3, 0.4) is 0 Å². The monoisotopic (exact) mass is 414 g/mol. The lowest BCUT2D eigenvalue weighted by Gasteiger charge is -2.26. The average Bonchev–Trinajstić information content (AvgIpc) is 3.65. The molecule has 0 spiro atoms. The molecular formula is C26H26N2O3. The Balaban J connectivity index is 1.66. The number of hydrogen-bond acceptors (Lipinski definition) is 4. The van der Waals surface area contributed by atoms with Gasteiger partial charge >= 0.3 is 0 Å². The number of hydrogen-bond donors (Lipinski definition) is 1.